The lowest BCUT2D eigenvalue weighted by Gasteiger charge is -2.32. The lowest BCUT2D eigenvalue weighted by molar-refractivity contribution is 0.191. The third kappa shape index (κ3) is 2.81. The van der Waals surface area contributed by atoms with Crippen molar-refractivity contribution in [3.8, 4) is 0 Å². The molecule has 1 N–H and O–H groups in total. The zero-order chi connectivity index (χ0) is 10.7. The highest BCUT2D eigenvalue weighted by atomic mass is 15.1. The molecule has 3 heteroatoms. The predicted molar refractivity (Wildman–Crippen MR) is 61.8 cm³/mol. The number of piperidine rings is 1. The molecule has 1 aliphatic heterocycles. The average molecular weight is 207 g/mol. The molecule has 1 saturated heterocycles. The maximum absolute atomic E-state index is 4.03. The van der Waals surface area contributed by atoms with Crippen molar-refractivity contribution in [2.75, 3.05) is 19.6 Å². The van der Waals surface area contributed by atoms with Crippen molar-refractivity contribution in [1.82, 2.24) is 15.1 Å². The molecule has 1 aliphatic rings. The summed E-state index contributed by atoms with van der Waals surface area (Å²) in [6.07, 6.45) is 4.40. The van der Waals surface area contributed by atoms with Crippen LogP contribution in [-0.2, 0) is 0 Å². The van der Waals surface area contributed by atoms with Crippen LogP contribution in [0.5, 0.6) is 0 Å². The first-order chi connectivity index (χ1) is 7.25. The molecular weight excluding hydrogens is 186 g/mol. The number of rotatable bonds is 3. The normalized spacial score (nSPS) is 19.9. The quantitative estimate of drug-likeness (QED) is 0.824. The van der Waals surface area contributed by atoms with E-state index >= 15 is 0 Å². The Morgan fingerprint density at radius 1 is 1.47 bits per heavy atom. The molecule has 0 aliphatic carbocycles. The molecule has 84 valence electrons. The molecule has 1 aromatic rings. The lowest BCUT2D eigenvalue weighted by Crippen LogP contribution is -2.35. The summed E-state index contributed by atoms with van der Waals surface area (Å²) >= 11 is 0. The molecule has 1 aromatic heterocycles. The smallest absolute Gasteiger partial charge is 0.0490 e. The highest BCUT2D eigenvalue weighted by Crippen LogP contribution is 2.26. The van der Waals surface area contributed by atoms with Crippen LogP contribution >= 0.6 is 0 Å². The standard InChI is InChI=1S/C12H21N3/c1-10(2)9-15-7-4-11(5-8-15)12-3-6-13-14-12/h3,6,10-11H,4-5,7-9H2,1-2H3,(H,13,14). The average Bonchev–Trinajstić information content (AvgIpc) is 2.71. The maximum atomic E-state index is 4.03. The molecule has 0 bridgehead atoms. The molecule has 0 spiro atoms. The van der Waals surface area contributed by atoms with Crippen molar-refractivity contribution >= 4 is 0 Å². The van der Waals surface area contributed by atoms with Gasteiger partial charge in [0.15, 0.2) is 0 Å². The third-order valence-corrected chi connectivity index (χ3v) is 3.17. The van der Waals surface area contributed by atoms with E-state index in [-0.39, 0.29) is 0 Å². The first-order valence-corrected chi connectivity index (χ1v) is 5.97. The van der Waals surface area contributed by atoms with E-state index in [1.807, 2.05) is 6.20 Å². The minimum Gasteiger partial charge on any atom is -0.303 e. The molecule has 3 nitrogen and oxygen atoms in total. The van der Waals surface area contributed by atoms with Gasteiger partial charge in [-0.3, -0.25) is 5.10 Å². The van der Waals surface area contributed by atoms with Crippen molar-refractivity contribution in [2.45, 2.75) is 32.6 Å². The second-order valence-electron chi connectivity index (χ2n) is 4.98. The fourth-order valence-electron chi connectivity index (χ4n) is 2.44. The molecule has 0 atom stereocenters. The summed E-state index contributed by atoms with van der Waals surface area (Å²) in [5.74, 6) is 1.49. The summed E-state index contributed by atoms with van der Waals surface area (Å²) in [4.78, 5) is 2.58. The number of nitrogens with one attached hydrogen (secondary N) is 1. The number of nitrogens with zero attached hydrogens (tertiary/aromatic N) is 2. The number of H-pyrrole nitrogens is 1. The summed E-state index contributed by atoms with van der Waals surface area (Å²) in [7, 11) is 0. The van der Waals surface area contributed by atoms with Gasteiger partial charge in [-0.1, -0.05) is 13.8 Å². The molecule has 1 fully saturated rings. The SMILES string of the molecule is CC(C)CN1CCC(c2ccn[nH]2)CC1. The Labute approximate surface area is 91.9 Å². The zero-order valence-corrected chi connectivity index (χ0v) is 9.74. The number of likely N-dealkylation sites (tertiary alicyclic amines) is 1. The fourth-order valence-corrected chi connectivity index (χ4v) is 2.44. The molecule has 0 radical (unpaired) electrons. The molecule has 0 amide bonds. The third-order valence-electron chi connectivity index (χ3n) is 3.17. The fraction of sp³-hybridized carbons (Fsp3) is 0.750. The van der Waals surface area contributed by atoms with Gasteiger partial charge in [0.2, 0.25) is 0 Å². The van der Waals surface area contributed by atoms with E-state index in [4.69, 9.17) is 0 Å². The van der Waals surface area contributed by atoms with Gasteiger partial charge in [-0.05, 0) is 37.9 Å². The van der Waals surface area contributed by atoms with Crippen LogP contribution in [0.2, 0.25) is 0 Å². The summed E-state index contributed by atoms with van der Waals surface area (Å²) in [5, 5.41) is 7.12. The van der Waals surface area contributed by atoms with Gasteiger partial charge in [-0.2, -0.15) is 5.10 Å². The van der Waals surface area contributed by atoms with E-state index < -0.39 is 0 Å². The zero-order valence-electron chi connectivity index (χ0n) is 9.74. The Hall–Kier alpha value is -0.830. The van der Waals surface area contributed by atoms with Crippen LogP contribution in [0.25, 0.3) is 0 Å². The van der Waals surface area contributed by atoms with Crippen LogP contribution in [0.15, 0.2) is 12.3 Å². The summed E-state index contributed by atoms with van der Waals surface area (Å²) < 4.78 is 0. The van der Waals surface area contributed by atoms with Crippen molar-refractivity contribution in [2.24, 2.45) is 5.92 Å². The molecular formula is C12H21N3. The number of aromatic nitrogens is 2. The van der Waals surface area contributed by atoms with Gasteiger partial charge < -0.3 is 4.90 Å². The Morgan fingerprint density at radius 2 is 2.20 bits per heavy atom. The molecule has 0 aromatic carbocycles. The predicted octanol–water partition coefficient (Wildman–Crippen LogP) is 2.25. The van der Waals surface area contributed by atoms with E-state index in [9.17, 15) is 0 Å². The van der Waals surface area contributed by atoms with E-state index in [1.54, 1.807) is 0 Å². The van der Waals surface area contributed by atoms with Crippen molar-refractivity contribution in [3.05, 3.63) is 18.0 Å². The van der Waals surface area contributed by atoms with Crippen LogP contribution in [0.3, 0.4) is 0 Å². The Kier molecular flexibility index (Phi) is 3.41. The van der Waals surface area contributed by atoms with Gasteiger partial charge in [0.25, 0.3) is 0 Å². The van der Waals surface area contributed by atoms with E-state index in [0.29, 0.717) is 5.92 Å². The van der Waals surface area contributed by atoms with Crippen molar-refractivity contribution < 1.29 is 0 Å². The minimum atomic E-state index is 0.705. The second-order valence-corrected chi connectivity index (χ2v) is 4.98. The van der Waals surface area contributed by atoms with Crippen LogP contribution in [0.1, 0.15) is 38.3 Å². The van der Waals surface area contributed by atoms with Crippen LogP contribution < -0.4 is 0 Å². The largest absolute Gasteiger partial charge is 0.303 e. The minimum absolute atomic E-state index is 0.705. The van der Waals surface area contributed by atoms with Crippen LogP contribution in [0.4, 0.5) is 0 Å². The van der Waals surface area contributed by atoms with Gasteiger partial charge in [0.1, 0.15) is 0 Å². The van der Waals surface area contributed by atoms with Crippen molar-refractivity contribution in [1.29, 1.82) is 0 Å². The monoisotopic (exact) mass is 207 g/mol. The van der Waals surface area contributed by atoms with Gasteiger partial charge >= 0.3 is 0 Å². The highest BCUT2D eigenvalue weighted by molar-refractivity contribution is 5.06. The first kappa shape index (κ1) is 10.7. The molecule has 15 heavy (non-hydrogen) atoms. The van der Waals surface area contributed by atoms with E-state index in [0.717, 1.165) is 5.92 Å². The van der Waals surface area contributed by atoms with E-state index in [2.05, 4.69) is 35.0 Å². The summed E-state index contributed by atoms with van der Waals surface area (Å²) in [5.41, 5.74) is 1.32. The number of hydrogen-bond donors (Lipinski definition) is 1. The lowest BCUT2D eigenvalue weighted by atomic mass is 9.93. The van der Waals surface area contributed by atoms with Crippen molar-refractivity contribution in [3.63, 3.8) is 0 Å². The van der Waals surface area contributed by atoms with Gasteiger partial charge in [0, 0.05) is 24.4 Å². The first-order valence-electron chi connectivity index (χ1n) is 5.97. The molecule has 2 heterocycles. The Morgan fingerprint density at radius 3 is 2.73 bits per heavy atom. The molecule has 0 saturated carbocycles. The molecule has 0 unspecified atom stereocenters. The number of aromatic amines is 1. The molecule has 2 rings (SSSR count). The maximum Gasteiger partial charge on any atom is 0.0490 e. The number of hydrogen-bond acceptors (Lipinski definition) is 2. The van der Waals surface area contributed by atoms with Gasteiger partial charge in [0.05, 0.1) is 0 Å². The Balaban J connectivity index is 1.82. The van der Waals surface area contributed by atoms with Gasteiger partial charge in [-0.25, -0.2) is 0 Å². The van der Waals surface area contributed by atoms with Crippen LogP contribution in [-0.4, -0.2) is 34.7 Å². The highest BCUT2D eigenvalue weighted by Gasteiger charge is 2.21. The van der Waals surface area contributed by atoms with Gasteiger partial charge in [-0.15, -0.1) is 0 Å². The van der Waals surface area contributed by atoms with Crippen LogP contribution in [0, 0.1) is 5.92 Å². The topological polar surface area (TPSA) is 31.9 Å². The second kappa shape index (κ2) is 4.79. The summed E-state index contributed by atoms with van der Waals surface area (Å²) in [6.45, 7) is 8.31. The van der Waals surface area contributed by atoms with E-state index in [1.165, 1.54) is 38.2 Å². The Bertz CT molecular complexity index is 271. The summed E-state index contributed by atoms with van der Waals surface area (Å²) in [6, 6.07) is 2.11.